The quantitative estimate of drug-likeness (QED) is 0.626. The van der Waals surface area contributed by atoms with Crippen LogP contribution in [0.1, 0.15) is 0 Å². The zero-order chi connectivity index (χ0) is 18.8. The molecule has 1 aliphatic rings. The second-order valence-corrected chi connectivity index (χ2v) is 6.33. The first-order valence-corrected chi connectivity index (χ1v) is 8.67. The molecule has 0 fully saturated rings. The van der Waals surface area contributed by atoms with Crippen LogP contribution < -0.4 is 0 Å². The minimum Gasteiger partial charge on any atom is -0.671 e. The summed E-state index contributed by atoms with van der Waals surface area (Å²) >= 11 is 0. The molecule has 0 amide bonds. The lowest BCUT2D eigenvalue weighted by Gasteiger charge is -2.35. The number of aromatic nitrogens is 1. The molecule has 5 heteroatoms. The van der Waals surface area contributed by atoms with Gasteiger partial charge in [0, 0.05) is 23.1 Å². The molecule has 1 aliphatic heterocycles. The Kier molecular flexibility index (Phi) is 4.50. The smallest absolute Gasteiger partial charge is 0.315 e. The van der Waals surface area contributed by atoms with Gasteiger partial charge in [0.2, 0.25) is 0 Å². The van der Waals surface area contributed by atoms with Crippen molar-refractivity contribution in [3.05, 3.63) is 89.7 Å². The maximum Gasteiger partial charge on any atom is 0.315 e. The first kappa shape index (κ1) is 17.1. The van der Waals surface area contributed by atoms with Gasteiger partial charge in [-0.15, -0.1) is 0 Å². The number of hydrogen-bond donors (Lipinski definition) is 0. The molecule has 1 aromatic heterocycles. The number of ether oxygens (including phenoxy) is 1. The van der Waals surface area contributed by atoms with Crippen LogP contribution in [0.2, 0.25) is 0 Å². The summed E-state index contributed by atoms with van der Waals surface area (Å²) in [6.45, 7) is 0.532. The molecule has 2 aromatic carbocycles. The lowest BCUT2D eigenvalue weighted by molar-refractivity contribution is -0.135. The molecular formula is C22H18FN2O2-. The van der Waals surface area contributed by atoms with Crippen molar-refractivity contribution in [3.8, 4) is 11.3 Å². The van der Waals surface area contributed by atoms with Crippen molar-refractivity contribution in [1.29, 1.82) is 0 Å². The van der Waals surface area contributed by atoms with E-state index in [-0.39, 0.29) is 11.9 Å². The van der Waals surface area contributed by atoms with Gasteiger partial charge in [-0.25, -0.2) is 9.18 Å². The average molecular weight is 361 g/mol. The predicted molar refractivity (Wildman–Crippen MR) is 104 cm³/mol. The molecule has 136 valence electrons. The van der Waals surface area contributed by atoms with Crippen molar-refractivity contribution >= 4 is 16.9 Å². The van der Waals surface area contributed by atoms with Crippen LogP contribution in [-0.2, 0) is 16.1 Å². The highest BCUT2D eigenvalue weighted by atomic mass is 19.1. The van der Waals surface area contributed by atoms with Gasteiger partial charge in [-0.1, -0.05) is 60.3 Å². The van der Waals surface area contributed by atoms with Crippen LogP contribution in [0.15, 0.2) is 78.5 Å². The summed E-state index contributed by atoms with van der Waals surface area (Å²) in [6, 6.07) is 16.5. The largest absolute Gasteiger partial charge is 0.671 e. The number of allylic oxidation sites excluding steroid dienone is 2. The van der Waals surface area contributed by atoms with Crippen LogP contribution in [0.4, 0.5) is 4.39 Å². The lowest BCUT2D eigenvalue weighted by Crippen LogP contribution is -2.19. The maximum absolute atomic E-state index is 13.7. The van der Waals surface area contributed by atoms with Gasteiger partial charge in [0.15, 0.2) is 0 Å². The van der Waals surface area contributed by atoms with Gasteiger partial charge < -0.3 is 14.6 Å². The van der Waals surface area contributed by atoms with Crippen molar-refractivity contribution in [2.45, 2.75) is 12.6 Å². The van der Waals surface area contributed by atoms with Gasteiger partial charge >= 0.3 is 5.97 Å². The SMILES string of the molecule is COC(=O)C1=CC=CC(Cn2c(-c3ccccc3)cc3cc(F)ccc32)[N-]1. The van der Waals surface area contributed by atoms with Crippen LogP contribution in [0.5, 0.6) is 0 Å². The number of hydrogen-bond acceptors (Lipinski definition) is 2. The molecule has 0 aliphatic carbocycles. The maximum atomic E-state index is 13.7. The Bertz CT molecular complexity index is 1050. The number of carbonyl (C=O) groups is 1. The van der Waals surface area contributed by atoms with Crippen molar-refractivity contribution < 1.29 is 13.9 Å². The topological polar surface area (TPSA) is 45.3 Å². The van der Waals surface area contributed by atoms with Gasteiger partial charge in [0.25, 0.3) is 0 Å². The second-order valence-electron chi connectivity index (χ2n) is 6.33. The summed E-state index contributed by atoms with van der Waals surface area (Å²) in [5, 5.41) is 5.32. The number of carbonyl (C=O) groups excluding carboxylic acids is 1. The Morgan fingerprint density at radius 3 is 2.78 bits per heavy atom. The van der Waals surface area contributed by atoms with Crippen LogP contribution in [0.25, 0.3) is 27.5 Å². The Morgan fingerprint density at radius 1 is 1.19 bits per heavy atom. The number of halogens is 1. The van der Waals surface area contributed by atoms with Gasteiger partial charge in [-0.2, -0.15) is 0 Å². The number of rotatable bonds is 4. The van der Waals surface area contributed by atoms with E-state index in [1.54, 1.807) is 12.1 Å². The van der Waals surface area contributed by atoms with Gasteiger partial charge in [-0.3, -0.25) is 0 Å². The lowest BCUT2D eigenvalue weighted by atomic mass is 10.1. The zero-order valence-corrected chi connectivity index (χ0v) is 14.8. The van der Waals surface area contributed by atoms with E-state index in [1.165, 1.54) is 19.2 Å². The molecule has 0 spiro atoms. The van der Waals surface area contributed by atoms with Crippen LogP contribution in [-0.4, -0.2) is 23.7 Å². The molecule has 27 heavy (non-hydrogen) atoms. The van der Waals surface area contributed by atoms with Crippen molar-refractivity contribution in [1.82, 2.24) is 4.57 Å². The molecule has 0 radical (unpaired) electrons. The molecule has 3 aromatic rings. The fraction of sp³-hybridized carbons (Fsp3) is 0.136. The predicted octanol–water partition coefficient (Wildman–Crippen LogP) is 4.82. The molecular weight excluding hydrogens is 343 g/mol. The first-order chi connectivity index (χ1) is 13.2. The third kappa shape index (κ3) is 3.36. The number of methoxy groups -OCH3 is 1. The average Bonchev–Trinajstić information content (AvgIpc) is 3.05. The number of esters is 1. The van der Waals surface area contributed by atoms with E-state index in [2.05, 4.69) is 9.88 Å². The van der Waals surface area contributed by atoms with E-state index in [1.807, 2.05) is 48.6 Å². The van der Waals surface area contributed by atoms with Gasteiger partial charge in [0.1, 0.15) is 5.82 Å². The molecule has 4 nitrogen and oxygen atoms in total. The molecule has 4 rings (SSSR count). The van der Waals surface area contributed by atoms with E-state index in [0.717, 1.165) is 22.2 Å². The van der Waals surface area contributed by atoms with Crippen molar-refractivity contribution in [2.24, 2.45) is 0 Å². The molecule has 0 saturated carbocycles. The highest BCUT2D eigenvalue weighted by Crippen LogP contribution is 2.31. The molecule has 0 N–H and O–H groups in total. The van der Waals surface area contributed by atoms with E-state index in [4.69, 9.17) is 4.74 Å². The molecule has 1 atom stereocenters. The molecule has 0 saturated heterocycles. The standard InChI is InChI=1S/C22H18FN2O2/c1-27-22(26)19-9-5-8-18(24-19)14-25-20-11-10-17(23)12-16(20)13-21(25)15-6-3-2-4-7-15/h2-13,18H,14H2,1H3/q-1. The van der Waals surface area contributed by atoms with Crippen molar-refractivity contribution in [2.75, 3.05) is 7.11 Å². The number of nitrogens with zero attached hydrogens (tertiary/aromatic N) is 2. The Labute approximate surface area is 156 Å². The third-order valence-electron chi connectivity index (χ3n) is 4.59. The molecule has 0 bridgehead atoms. The van der Waals surface area contributed by atoms with E-state index in [9.17, 15) is 9.18 Å². The van der Waals surface area contributed by atoms with Crippen LogP contribution in [0, 0.1) is 5.82 Å². The van der Waals surface area contributed by atoms with E-state index >= 15 is 0 Å². The first-order valence-electron chi connectivity index (χ1n) is 8.67. The number of fused-ring (bicyclic) bond motifs is 1. The third-order valence-corrected chi connectivity index (χ3v) is 4.59. The van der Waals surface area contributed by atoms with Gasteiger partial charge in [0.05, 0.1) is 7.11 Å². The summed E-state index contributed by atoms with van der Waals surface area (Å²) in [4.78, 5) is 11.8. The van der Waals surface area contributed by atoms with Crippen molar-refractivity contribution in [3.63, 3.8) is 0 Å². The molecule has 1 unspecified atom stereocenters. The Morgan fingerprint density at radius 2 is 2.00 bits per heavy atom. The Balaban J connectivity index is 1.74. The number of benzene rings is 2. The Hall–Kier alpha value is -3.34. The highest BCUT2D eigenvalue weighted by molar-refractivity contribution is 5.92. The second kappa shape index (κ2) is 7.11. The van der Waals surface area contributed by atoms with Gasteiger partial charge in [-0.05, 0) is 29.8 Å². The van der Waals surface area contributed by atoms with E-state index in [0.29, 0.717) is 12.2 Å². The summed E-state index contributed by atoms with van der Waals surface area (Å²) in [5.74, 6) is -0.718. The summed E-state index contributed by atoms with van der Waals surface area (Å²) < 4.78 is 20.6. The fourth-order valence-electron chi connectivity index (χ4n) is 3.34. The highest BCUT2D eigenvalue weighted by Gasteiger charge is 2.14. The van der Waals surface area contributed by atoms with Crippen LogP contribution >= 0.6 is 0 Å². The van der Waals surface area contributed by atoms with E-state index < -0.39 is 5.97 Å². The normalized spacial score (nSPS) is 16.1. The zero-order valence-electron chi connectivity index (χ0n) is 14.8. The minimum atomic E-state index is -0.452. The summed E-state index contributed by atoms with van der Waals surface area (Å²) in [6.07, 6.45) is 5.40. The van der Waals surface area contributed by atoms with Crippen LogP contribution in [0.3, 0.4) is 0 Å². The summed E-state index contributed by atoms with van der Waals surface area (Å²) in [7, 11) is 1.34. The fourth-order valence-corrected chi connectivity index (χ4v) is 3.34. The minimum absolute atomic E-state index is 0.216. The monoisotopic (exact) mass is 361 g/mol. The summed E-state index contributed by atoms with van der Waals surface area (Å²) in [5.41, 5.74) is 3.24. The molecule has 2 heterocycles.